The zero-order chi connectivity index (χ0) is 14.5. The number of nitrogen functional groups attached to an aromatic ring is 1. The van der Waals surface area contributed by atoms with Gasteiger partial charge in [0.15, 0.2) is 0 Å². The maximum atomic E-state index is 12.6. The molecule has 0 amide bonds. The van der Waals surface area contributed by atoms with Crippen LogP contribution in [0.15, 0.2) is 24.3 Å². The molecule has 2 N–H and O–H groups in total. The average Bonchev–Trinajstić information content (AvgIpc) is 2.50. The molecule has 0 radical (unpaired) electrons. The third kappa shape index (κ3) is 1.93. The Labute approximate surface area is 118 Å². The highest BCUT2D eigenvalue weighted by atomic mass is 32.2. The molecule has 1 aromatic rings. The van der Waals surface area contributed by atoms with Gasteiger partial charge < -0.3 is 5.73 Å². The van der Waals surface area contributed by atoms with Crippen molar-refractivity contribution < 1.29 is 8.42 Å². The lowest BCUT2D eigenvalue weighted by Gasteiger charge is -2.30. The van der Waals surface area contributed by atoms with Gasteiger partial charge in [-0.05, 0) is 17.9 Å². The first kappa shape index (κ1) is 13.2. The van der Waals surface area contributed by atoms with Crippen molar-refractivity contribution in [3.63, 3.8) is 0 Å². The lowest BCUT2D eigenvalue weighted by atomic mass is 9.89. The van der Waals surface area contributed by atoms with E-state index in [2.05, 4.69) is 0 Å². The van der Waals surface area contributed by atoms with Crippen molar-refractivity contribution in [1.82, 2.24) is 3.97 Å². The highest BCUT2D eigenvalue weighted by molar-refractivity contribution is 7.90. The maximum Gasteiger partial charge on any atom is 0.239 e. The van der Waals surface area contributed by atoms with E-state index in [-0.39, 0.29) is 11.2 Å². The Balaban J connectivity index is 2.48. The SMILES string of the molecule is CC1(C)Cc2c(N)c3/c(n2S(=O)(=O)C1)=C\C=C/C=C\C=3. The highest BCUT2D eigenvalue weighted by Crippen LogP contribution is 2.31. The summed E-state index contributed by atoms with van der Waals surface area (Å²) in [5, 5.41) is 1.45. The van der Waals surface area contributed by atoms with Crippen molar-refractivity contribution in [1.29, 1.82) is 0 Å². The summed E-state index contributed by atoms with van der Waals surface area (Å²) in [6.07, 6.45) is 11.8. The first-order chi connectivity index (χ1) is 9.32. The molecule has 0 fully saturated rings. The van der Waals surface area contributed by atoms with Gasteiger partial charge in [0, 0.05) is 5.22 Å². The van der Waals surface area contributed by atoms with Gasteiger partial charge >= 0.3 is 0 Å². The van der Waals surface area contributed by atoms with E-state index in [0.717, 1.165) is 5.22 Å². The molecule has 2 heterocycles. The quantitative estimate of drug-likeness (QED) is 0.757. The second kappa shape index (κ2) is 4.12. The Morgan fingerprint density at radius 1 is 1.15 bits per heavy atom. The van der Waals surface area contributed by atoms with Gasteiger partial charge in [0.25, 0.3) is 0 Å². The molecule has 0 bridgehead atoms. The second-order valence-electron chi connectivity index (χ2n) is 6.12. The lowest BCUT2D eigenvalue weighted by molar-refractivity contribution is 0.388. The third-order valence-electron chi connectivity index (χ3n) is 3.69. The predicted octanol–water partition coefficient (Wildman–Crippen LogP) is 0.517. The molecule has 2 aliphatic rings. The lowest BCUT2D eigenvalue weighted by Crippen LogP contribution is -2.42. The van der Waals surface area contributed by atoms with Crippen molar-refractivity contribution in [3.8, 4) is 0 Å². The minimum atomic E-state index is -3.37. The number of nitrogens with two attached hydrogens (primary N) is 1. The number of hydrogen-bond acceptors (Lipinski definition) is 3. The van der Waals surface area contributed by atoms with E-state index >= 15 is 0 Å². The van der Waals surface area contributed by atoms with Crippen molar-refractivity contribution in [3.05, 3.63) is 40.6 Å². The van der Waals surface area contributed by atoms with Gasteiger partial charge in [0.2, 0.25) is 10.0 Å². The monoisotopic (exact) mass is 290 g/mol. The third-order valence-corrected chi connectivity index (χ3v) is 5.81. The molecule has 0 aromatic carbocycles. The van der Waals surface area contributed by atoms with Crippen LogP contribution in [-0.2, 0) is 16.4 Å². The number of rotatable bonds is 0. The summed E-state index contributed by atoms with van der Waals surface area (Å²) in [6.45, 7) is 3.93. The van der Waals surface area contributed by atoms with Gasteiger partial charge in [-0.2, -0.15) is 0 Å². The van der Waals surface area contributed by atoms with Crippen LogP contribution < -0.4 is 16.3 Å². The van der Waals surface area contributed by atoms with Gasteiger partial charge in [-0.3, -0.25) is 0 Å². The molecule has 1 aliphatic carbocycles. The Hall–Kier alpha value is -1.75. The molecule has 1 aliphatic heterocycles. The van der Waals surface area contributed by atoms with E-state index in [4.69, 9.17) is 5.73 Å². The molecule has 3 rings (SSSR count). The van der Waals surface area contributed by atoms with E-state index in [1.54, 1.807) is 0 Å². The Morgan fingerprint density at radius 3 is 2.50 bits per heavy atom. The minimum absolute atomic E-state index is 0.140. The number of nitrogens with zero attached hydrogens (tertiary/aromatic N) is 1. The molecule has 0 atom stereocenters. The number of allylic oxidation sites excluding steroid dienone is 4. The summed E-state index contributed by atoms with van der Waals surface area (Å²) < 4.78 is 26.6. The Bertz CT molecular complexity index is 853. The first-order valence-electron chi connectivity index (χ1n) is 6.60. The van der Waals surface area contributed by atoms with Crippen LogP contribution in [0.2, 0.25) is 0 Å². The normalized spacial score (nSPS) is 28.5. The first-order valence-corrected chi connectivity index (χ1v) is 8.20. The Kier molecular flexibility index (Phi) is 2.73. The molecule has 0 saturated carbocycles. The molecular formula is C15H18N2O2S. The van der Waals surface area contributed by atoms with Crippen molar-refractivity contribution in [2.24, 2.45) is 5.41 Å². The van der Waals surface area contributed by atoms with Gasteiger partial charge in [0.05, 0.1) is 22.5 Å². The fourth-order valence-electron chi connectivity index (χ4n) is 2.96. The van der Waals surface area contributed by atoms with Crippen LogP contribution in [0, 0.1) is 5.41 Å². The fourth-order valence-corrected chi connectivity index (χ4v) is 5.14. The predicted molar refractivity (Wildman–Crippen MR) is 82.0 cm³/mol. The summed E-state index contributed by atoms with van der Waals surface area (Å²) in [7, 11) is -3.37. The topological polar surface area (TPSA) is 65.1 Å². The zero-order valence-electron chi connectivity index (χ0n) is 11.6. The summed E-state index contributed by atoms with van der Waals surface area (Å²) in [6, 6.07) is 0. The summed E-state index contributed by atoms with van der Waals surface area (Å²) >= 11 is 0. The highest BCUT2D eigenvalue weighted by Gasteiger charge is 2.37. The van der Waals surface area contributed by atoms with Crippen LogP contribution in [0.3, 0.4) is 0 Å². The molecule has 20 heavy (non-hydrogen) atoms. The van der Waals surface area contributed by atoms with Gasteiger partial charge in [-0.1, -0.05) is 44.2 Å². The van der Waals surface area contributed by atoms with E-state index in [1.807, 2.05) is 50.3 Å². The van der Waals surface area contributed by atoms with E-state index in [1.165, 1.54) is 3.97 Å². The minimum Gasteiger partial charge on any atom is -0.397 e. The summed E-state index contributed by atoms with van der Waals surface area (Å²) in [4.78, 5) is 0. The number of fused-ring (bicyclic) bond motifs is 3. The molecule has 0 spiro atoms. The second-order valence-corrected chi connectivity index (χ2v) is 7.94. The molecular weight excluding hydrogens is 272 g/mol. The van der Waals surface area contributed by atoms with Gasteiger partial charge in [-0.15, -0.1) is 0 Å². The molecule has 5 heteroatoms. The molecule has 0 saturated heterocycles. The maximum absolute atomic E-state index is 12.6. The molecule has 1 aromatic heterocycles. The van der Waals surface area contributed by atoms with Crippen LogP contribution in [0.4, 0.5) is 5.69 Å². The summed E-state index contributed by atoms with van der Waals surface area (Å²) in [5.74, 6) is 0.140. The smallest absolute Gasteiger partial charge is 0.239 e. The van der Waals surface area contributed by atoms with Crippen LogP contribution in [0.25, 0.3) is 12.2 Å². The van der Waals surface area contributed by atoms with E-state index < -0.39 is 10.0 Å². The van der Waals surface area contributed by atoms with Crippen LogP contribution in [0.5, 0.6) is 0 Å². The zero-order valence-corrected chi connectivity index (χ0v) is 12.4. The molecule has 0 unspecified atom stereocenters. The average molecular weight is 290 g/mol. The standard InChI is InChI=1S/C15H18N2O2S/c1-15(2)9-13-14(16)11-7-5-3-4-6-8-12(11)17(13)20(18,19)10-15/h3-8H,9-10,16H2,1-2H3/b4-3?,5-3-,6-4-,7-5?,8-6?,11-7+,12-8+. The van der Waals surface area contributed by atoms with Crippen LogP contribution in [-0.4, -0.2) is 18.1 Å². The van der Waals surface area contributed by atoms with E-state index in [0.29, 0.717) is 23.2 Å². The fraction of sp³-hybridized carbons (Fsp3) is 0.333. The number of aromatic nitrogens is 1. The van der Waals surface area contributed by atoms with E-state index in [9.17, 15) is 8.42 Å². The largest absolute Gasteiger partial charge is 0.397 e. The van der Waals surface area contributed by atoms with Gasteiger partial charge in [-0.25, -0.2) is 12.4 Å². The van der Waals surface area contributed by atoms with Crippen molar-refractivity contribution in [2.75, 3.05) is 11.5 Å². The molecule has 106 valence electrons. The van der Waals surface area contributed by atoms with Crippen LogP contribution >= 0.6 is 0 Å². The Morgan fingerprint density at radius 2 is 1.80 bits per heavy atom. The summed E-state index contributed by atoms with van der Waals surface area (Å²) in [5.41, 5.74) is 7.21. The van der Waals surface area contributed by atoms with Gasteiger partial charge in [0.1, 0.15) is 0 Å². The van der Waals surface area contributed by atoms with Crippen LogP contribution in [0.1, 0.15) is 19.5 Å². The molecule has 4 nitrogen and oxygen atoms in total. The number of hydrogen-bond donors (Lipinski definition) is 1. The number of anilines is 1. The van der Waals surface area contributed by atoms with Crippen molar-refractivity contribution >= 4 is 27.9 Å². The van der Waals surface area contributed by atoms with Crippen molar-refractivity contribution in [2.45, 2.75) is 20.3 Å².